The van der Waals surface area contributed by atoms with Gasteiger partial charge in [-0.1, -0.05) is 0 Å². The lowest BCUT2D eigenvalue weighted by molar-refractivity contribution is -0.384. The third-order valence-corrected chi connectivity index (χ3v) is 6.23. The molecule has 0 aliphatic carbocycles. The van der Waals surface area contributed by atoms with E-state index in [0.717, 1.165) is 22.2 Å². The molecule has 4 aromatic carbocycles. The van der Waals surface area contributed by atoms with E-state index in [-0.39, 0.29) is 11.4 Å². The Bertz CT molecular complexity index is 1720. The summed E-state index contributed by atoms with van der Waals surface area (Å²) in [6.45, 7) is 0.662. The SMILES string of the molecule is O=[N+]([O-])c1ccc2[nH]c(-c3ccc(OCCOc4ccc(-c5nc6cc([N+](=O)[O-])ccc6[nH]5)cc4)cc3)nc2c1. The number of aromatic nitrogens is 4. The van der Waals surface area contributed by atoms with Crippen molar-refractivity contribution in [2.45, 2.75) is 0 Å². The van der Waals surface area contributed by atoms with Crippen LogP contribution in [0.25, 0.3) is 44.8 Å². The molecule has 40 heavy (non-hydrogen) atoms. The van der Waals surface area contributed by atoms with Crippen molar-refractivity contribution in [2.75, 3.05) is 13.2 Å². The van der Waals surface area contributed by atoms with Crippen molar-refractivity contribution in [1.29, 1.82) is 0 Å². The third-order valence-electron chi connectivity index (χ3n) is 6.23. The molecule has 12 heteroatoms. The van der Waals surface area contributed by atoms with Crippen molar-refractivity contribution >= 4 is 33.4 Å². The maximum atomic E-state index is 11.0. The highest BCUT2D eigenvalue weighted by molar-refractivity contribution is 5.82. The fourth-order valence-electron chi connectivity index (χ4n) is 4.23. The van der Waals surface area contributed by atoms with Crippen molar-refractivity contribution in [1.82, 2.24) is 19.9 Å². The molecule has 12 nitrogen and oxygen atoms in total. The average molecular weight is 537 g/mol. The molecule has 198 valence electrons. The molecule has 0 amide bonds. The summed E-state index contributed by atoms with van der Waals surface area (Å²) < 4.78 is 11.6. The Balaban J connectivity index is 1.02. The molecule has 0 spiro atoms. The Morgan fingerprint density at radius 2 is 1.00 bits per heavy atom. The molecule has 2 aromatic heterocycles. The third kappa shape index (κ3) is 5.00. The van der Waals surface area contributed by atoms with Gasteiger partial charge in [0.1, 0.15) is 36.4 Å². The van der Waals surface area contributed by atoms with Gasteiger partial charge in [0, 0.05) is 35.4 Å². The zero-order valence-corrected chi connectivity index (χ0v) is 20.7. The largest absolute Gasteiger partial charge is 0.490 e. The Morgan fingerprint density at radius 1 is 0.600 bits per heavy atom. The highest BCUT2D eigenvalue weighted by Crippen LogP contribution is 2.27. The van der Waals surface area contributed by atoms with E-state index >= 15 is 0 Å². The van der Waals surface area contributed by atoms with E-state index in [1.807, 2.05) is 48.5 Å². The first-order chi connectivity index (χ1) is 19.4. The van der Waals surface area contributed by atoms with Crippen LogP contribution in [-0.2, 0) is 0 Å². The first-order valence-electron chi connectivity index (χ1n) is 12.2. The average Bonchev–Trinajstić information content (AvgIpc) is 3.59. The highest BCUT2D eigenvalue weighted by Gasteiger charge is 2.12. The van der Waals surface area contributed by atoms with E-state index in [2.05, 4.69) is 19.9 Å². The van der Waals surface area contributed by atoms with E-state index in [0.29, 0.717) is 47.4 Å². The standard InChI is InChI=1S/C28H20N6O6/c35-33(36)19-5-11-23-25(15-19)31-27(29-23)17-1-7-21(8-2-17)39-13-14-40-22-9-3-18(4-10-22)28-30-24-12-6-20(34(37)38)16-26(24)32-28/h1-12,15-16H,13-14H2,(H,29,31)(H,30,32). The quantitative estimate of drug-likeness (QED) is 0.128. The summed E-state index contributed by atoms with van der Waals surface area (Å²) in [4.78, 5) is 36.4. The van der Waals surface area contributed by atoms with E-state index in [1.165, 1.54) is 24.3 Å². The molecule has 0 aliphatic heterocycles. The minimum Gasteiger partial charge on any atom is -0.490 e. The topological polar surface area (TPSA) is 162 Å². The second-order valence-corrected chi connectivity index (χ2v) is 8.83. The van der Waals surface area contributed by atoms with E-state index in [1.54, 1.807) is 12.1 Å². The number of rotatable bonds is 9. The van der Waals surface area contributed by atoms with Crippen LogP contribution in [0.1, 0.15) is 0 Å². The molecule has 0 fully saturated rings. The zero-order chi connectivity index (χ0) is 27.6. The number of nitrogens with one attached hydrogen (secondary N) is 2. The summed E-state index contributed by atoms with van der Waals surface area (Å²) in [6, 6.07) is 23.8. The van der Waals surface area contributed by atoms with Crippen LogP contribution in [0.5, 0.6) is 11.5 Å². The number of H-pyrrole nitrogens is 2. The Kier molecular flexibility index (Phi) is 6.24. The number of fused-ring (bicyclic) bond motifs is 2. The van der Waals surface area contributed by atoms with E-state index in [4.69, 9.17) is 9.47 Å². The van der Waals surface area contributed by atoms with Gasteiger partial charge in [-0.05, 0) is 60.7 Å². The van der Waals surface area contributed by atoms with Crippen molar-refractivity contribution in [3.05, 3.63) is 105 Å². The summed E-state index contributed by atoms with van der Waals surface area (Å²) in [7, 11) is 0. The molecular formula is C28H20N6O6. The van der Waals surface area contributed by atoms with Gasteiger partial charge in [-0.15, -0.1) is 0 Å². The van der Waals surface area contributed by atoms with Gasteiger partial charge in [-0.25, -0.2) is 9.97 Å². The van der Waals surface area contributed by atoms with Crippen LogP contribution in [0.3, 0.4) is 0 Å². The lowest BCUT2D eigenvalue weighted by Gasteiger charge is -2.09. The minimum absolute atomic E-state index is 0.00581. The van der Waals surface area contributed by atoms with Gasteiger partial charge in [0.25, 0.3) is 11.4 Å². The molecule has 2 N–H and O–H groups in total. The molecular weight excluding hydrogens is 516 g/mol. The molecule has 0 radical (unpaired) electrons. The number of imidazole rings is 2. The van der Waals surface area contributed by atoms with Crippen LogP contribution in [0, 0.1) is 20.2 Å². The number of ether oxygens (including phenoxy) is 2. The predicted octanol–water partition coefficient (Wildman–Crippen LogP) is 6.05. The number of non-ortho nitro benzene ring substituents is 2. The monoisotopic (exact) mass is 536 g/mol. The number of hydrogen-bond acceptors (Lipinski definition) is 8. The molecule has 6 aromatic rings. The number of hydrogen-bond donors (Lipinski definition) is 2. The van der Waals surface area contributed by atoms with E-state index in [9.17, 15) is 20.2 Å². The van der Waals surface area contributed by atoms with Gasteiger partial charge < -0.3 is 19.4 Å². The predicted molar refractivity (Wildman–Crippen MR) is 147 cm³/mol. The smallest absolute Gasteiger partial charge is 0.271 e. The molecule has 6 rings (SSSR count). The van der Waals surface area contributed by atoms with Crippen molar-refractivity contribution in [2.24, 2.45) is 0 Å². The summed E-state index contributed by atoms with van der Waals surface area (Å²) in [6.07, 6.45) is 0. The lowest BCUT2D eigenvalue weighted by Crippen LogP contribution is -2.08. The van der Waals surface area contributed by atoms with Gasteiger partial charge in [0.05, 0.1) is 31.9 Å². The first-order valence-corrected chi connectivity index (χ1v) is 12.2. The highest BCUT2D eigenvalue weighted by atomic mass is 16.6. The van der Waals surface area contributed by atoms with Gasteiger partial charge in [0.2, 0.25) is 0 Å². The molecule has 0 aliphatic rings. The molecule has 2 heterocycles. The van der Waals surface area contributed by atoms with Gasteiger partial charge >= 0.3 is 0 Å². The molecule has 0 saturated heterocycles. The van der Waals surface area contributed by atoms with Crippen LogP contribution in [-0.4, -0.2) is 43.0 Å². The number of nitro benzene ring substituents is 2. The molecule has 0 unspecified atom stereocenters. The van der Waals surface area contributed by atoms with Gasteiger partial charge in [-0.3, -0.25) is 20.2 Å². The molecule has 0 saturated carbocycles. The number of nitrogens with zero attached hydrogens (tertiary/aromatic N) is 4. The van der Waals surface area contributed by atoms with Crippen molar-refractivity contribution in [3.63, 3.8) is 0 Å². The number of nitro groups is 2. The van der Waals surface area contributed by atoms with Crippen LogP contribution < -0.4 is 9.47 Å². The minimum atomic E-state index is -0.445. The maximum Gasteiger partial charge on any atom is 0.271 e. The van der Waals surface area contributed by atoms with Gasteiger partial charge in [0.15, 0.2) is 0 Å². The molecule has 0 atom stereocenters. The van der Waals surface area contributed by atoms with Crippen molar-refractivity contribution in [3.8, 4) is 34.3 Å². The second-order valence-electron chi connectivity index (χ2n) is 8.83. The normalized spacial score (nSPS) is 11.1. The Morgan fingerprint density at radius 3 is 1.38 bits per heavy atom. The summed E-state index contributed by atoms with van der Waals surface area (Å²) in [5.41, 5.74) is 4.13. The second kappa shape index (κ2) is 10.2. The fraction of sp³-hybridized carbons (Fsp3) is 0.0714. The summed E-state index contributed by atoms with van der Waals surface area (Å²) in [5.74, 6) is 2.55. The van der Waals surface area contributed by atoms with E-state index < -0.39 is 9.85 Å². The van der Waals surface area contributed by atoms with Crippen LogP contribution >= 0.6 is 0 Å². The summed E-state index contributed by atoms with van der Waals surface area (Å²) in [5, 5.41) is 22.0. The van der Waals surface area contributed by atoms with Crippen LogP contribution in [0.4, 0.5) is 11.4 Å². The fourth-order valence-corrected chi connectivity index (χ4v) is 4.23. The van der Waals surface area contributed by atoms with Crippen LogP contribution in [0.15, 0.2) is 84.9 Å². The summed E-state index contributed by atoms with van der Waals surface area (Å²) >= 11 is 0. The van der Waals surface area contributed by atoms with Crippen molar-refractivity contribution < 1.29 is 19.3 Å². The zero-order valence-electron chi connectivity index (χ0n) is 20.7. The van der Waals surface area contributed by atoms with Gasteiger partial charge in [-0.2, -0.15) is 0 Å². The van der Waals surface area contributed by atoms with Crippen LogP contribution in [0.2, 0.25) is 0 Å². The lowest BCUT2D eigenvalue weighted by atomic mass is 10.2. The first kappa shape index (κ1) is 24.6. The molecule has 0 bridgehead atoms. The number of aromatic amines is 2. The number of benzene rings is 4. The Labute approximate surface area is 225 Å². The Hall–Kier alpha value is -5.78. The maximum absolute atomic E-state index is 11.0.